The molecule has 0 bridgehead atoms. The van der Waals surface area contributed by atoms with Crippen molar-refractivity contribution < 1.29 is 22.7 Å². The summed E-state index contributed by atoms with van der Waals surface area (Å²) in [5.41, 5.74) is 2.24. The molecular formula is C19H22N2O5S2. The fourth-order valence-electron chi connectivity index (χ4n) is 3.21. The van der Waals surface area contributed by atoms with Crippen molar-refractivity contribution in [2.75, 3.05) is 6.54 Å². The molecule has 3 rings (SSSR count). The van der Waals surface area contributed by atoms with Crippen LogP contribution < -0.4 is 5.14 Å². The summed E-state index contributed by atoms with van der Waals surface area (Å²) in [6, 6.07) is 4.72. The first-order valence-corrected chi connectivity index (χ1v) is 11.2. The Kier molecular flexibility index (Phi) is 5.60. The Labute approximate surface area is 168 Å². The highest BCUT2D eigenvalue weighted by molar-refractivity contribution is 7.89. The molecule has 1 aliphatic rings. The SMILES string of the molecule is Cc1cc(C(=O)OC(C)C(=O)N2CCc3sccc3C2)cc(S(N)(=O)=O)c1C. The van der Waals surface area contributed by atoms with E-state index in [1.807, 2.05) is 11.4 Å². The number of nitrogens with two attached hydrogens (primary N) is 1. The number of carbonyl (C=O) groups excluding carboxylic acids is 2. The van der Waals surface area contributed by atoms with Crippen LogP contribution in [0.4, 0.5) is 0 Å². The highest BCUT2D eigenvalue weighted by Gasteiger charge is 2.28. The van der Waals surface area contributed by atoms with Crippen LogP contribution in [0.3, 0.4) is 0 Å². The Morgan fingerprint density at radius 1 is 1.29 bits per heavy atom. The van der Waals surface area contributed by atoms with E-state index in [-0.39, 0.29) is 16.4 Å². The molecule has 0 radical (unpaired) electrons. The van der Waals surface area contributed by atoms with Crippen LogP contribution in [0.25, 0.3) is 0 Å². The maximum atomic E-state index is 12.7. The molecule has 1 aromatic heterocycles. The number of rotatable bonds is 4. The van der Waals surface area contributed by atoms with Gasteiger partial charge in [-0.3, -0.25) is 4.79 Å². The van der Waals surface area contributed by atoms with Crippen molar-refractivity contribution in [3.63, 3.8) is 0 Å². The quantitative estimate of drug-likeness (QED) is 0.760. The summed E-state index contributed by atoms with van der Waals surface area (Å²) in [5, 5.41) is 7.24. The molecule has 1 amide bonds. The van der Waals surface area contributed by atoms with Crippen LogP contribution >= 0.6 is 11.3 Å². The van der Waals surface area contributed by atoms with E-state index < -0.39 is 22.1 Å². The van der Waals surface area contributed by atoms with Crippen LogP contribution in [0.15, 0.2) is 28.5 Å². The van der Waals surface area contributed by atoms with Crippen molar-refractivity contribution in [1.82, 2.24) is 4.90 Å². The maximum Gasteiger partial charge on any atom is 0.338 e. The van der Waals surface area contributed by atoms with Crippen LogP contribution in [0.5, 0.6) is 0 Å². The monoisotopic (exact) mass is 422 g/mol. The predicted octanol–water partition coefficient (Wildman–Crippen LogP) is 2.14. The second-order valence-electron chi connectivity index (χ2n) is 6.89. The van der Waals surface area contributed by atoms with E-state index >= 15 is 0 Å². The van der Waals surface area contributed by atoms with Crippen LogP contribution in [0.2, 0.25) is 0 Å². The van der Waals surface area contributed by atoms with Gasteiger partial charge in [0.15, 0.2) is 6.10 Å². The highest BCUT2D eigenvalue weighted by atomic mass is 32.2. The molecule has 2 aromatic rings. The van der Waals surface area contributed by atoms with E-state index in [0.29, 0.717) is 24.2 Å². The van der Waals surface area contributed by atoms with Gasteiger partial charge >= 0.3 is 5.97 Å². The molecule has 150 valence electrons. The third-order valence-corrected chi connectivity index (χ3v) is 6.97. The summed E-state index contributed by atoms with van der Waals surface area (Å²) < 4.78 is 28.8. The Bertz CT molecular complexity index is 1040. The first kappa shape index (κ1) is 20.5. The van der Waals surface area contributed by atoms with Gasteiger partial charge in [0, 0.05) is 18.0 Å². The molecule has 0 aliphatic carbocycles. The largest absolute Gasteiger partial charge is 0.449 e. The fraction of sp³-hybridized carbons (Fsp3) is 0.368. The molecule has 0 saturated heterocycles. The Balaban J connectivity index is 1.74. The number of ether oxygens (including phenoxy) is 1. The molecule has 1 atom stereocenters. The molecular weight excluding hydrogens is 400 g/mol. The Hall–Kier alpha value is -2.23. The van der Waals surface area contributed by atoms with Gasteiger partial charge in [0.05, 0.1) is 10.5 Å². The molecule has 2 heterocycles. The zero-order valence-electron chi connectivity index (χ0n) is 15.9. The smallest absolute Gasteiger partial charge is 0.338 e. The van der Waals surface area contributed by atoms with Gasteiger partial charge in [-0.05, 0) is 67.5 Å². The number of sulfonamides is 1. The summed E-state index contributed by atoms with van der Waals surface area (Å²) in [7, 11) is -3.98. The Morgan fingerprint density at radius 3 is 2.68 bits per heavy atom. The minimum Gasteiger partial charge on any atom is -0.449 e. The van der Waals surface area contributed by atoms with E-state index in [1.54, 1.807) is 30.1 Å². The van der Waals surface area contributed by atoms with E-state index in [1.165, 1.54) is 23.9 Å². The fourth-order valence-corrected chi connectivity index (χ4v) is 4.98. The first-order valence-electron chi connectivity index (χ1n) is 8.77. The summed E-state index contributed by atoms with van der Waals surface area (Å²) in [6.07, 6.45) is -0.193. The van der Waals surface area contributed by atoms with Crippen LogP contribution in [0, 0.1) is 13.8 Å². The summed E-state index contributed by atoms with van der Waals surface area (Å²) in [4.78, 5) is 28.0. The van der Waals surface area contributed by atoms with Gasteiger partial charge in [0.2, 0.25) is 10.0 Å². The molecule has 28 heavy (non-hydrogen) atoms. The van der Waals surface area contributed by atoms with Gasteiger partial charge in [-0.15, -0.1) is 11.3 Å². The number of hydrogen-bond donors (Lipinski definition) is 1. The third kappa shape index (κ3) is 4.11. The number of fused-ring (bicyclic) bond motifs is 1. The predicted molar refractivity (Wildman–Crippen MR) is 106 cm³/mol. The summed E-state index contributed by atoms with van der Waals surface area (Å²) in [5.74, 6) is -1.04. The van der Waals surface area contributed by atoms with Gasteiger partial charge in [-0.25, -0.2) is 18.4 Å². The number of aryl methyl sites for hydroxylation is 1. The lowest BCUT2D eigenvalue weighted by Gasteiger charge is -2.29. The minimum absolute atomic E-state index is 0.0468. The van der Waals surface area contributed by atoms with E-state index in [0.717, 1.165) is 12.0 Å². The highest BCUT2D eigenvalue weighted by Crippen LogP contribution is 2.25. The van der Waals surface area contributed by atoms with E-state index in [2.05, 4.69) is 0 Å². The van der Waals surface area contributed by atoms with Crippen molar-refractivity contribution in [3.05, 3.63) is 50.7 Å². The number of esters is 1. The van der Waals surface area contributed by atoms with Crippen molar-refractivity contribution in [2.45, 2.75) is 44.7 Å². The molecule has 0 fully saturated rings. The number of thiophene rings is 1. The lowest BCUT2D eigenvalue weighted by atomic mass is 10.1. The second-order valence-corrected chi connectivity index (χ2v) is 9.42. The number of nitrogens with zero attached hydrogens (tertiary/aromatic N) is 1. The van der Waals surface area contributed by atoms with Gasteiger partial charge in [-0.1, -0.05) is 0 Å². The molecule has 1 aromatic carbocycles. The number of benzene rings is 1. The molecule has 2 N–H and O–H groups in total. The van der Waals surface area contributed by atoms with Gasteiger partial charge in [-0.2, -0.15) is 0 Å². The summed E-state index contributed by atoms with van der Waals surface area (Å²) in [6.45, 7) is 5.89. The average molecular weight is 423 g/mol. The van der Waals surface area contributed by atoms with Crippen molar-refractivity contribution >= 4 is 33.2 Å². The minimum atomic E-state index is -3.98. The molecule has 0 spiro atoms. The maximum absolute atomic E-state index is 12.7. The topological polar surface area (TPSA) is 107 Å². The molecule has 1 aliphatic heterocycles. The number of primary sulfonamides is 1. The third-order valence-electron chi connectivity index (χ3n) is 4.91. The number of amides is 1. The zero-order valence-corrected chi connectivity index (χ0v) is 17.5. The van der Waals surface area contributed by atoms with Gasteiger partial charge in [0.1, 0.15) is 0 Å². The van der Waals surface area contributed by atoms with Crippen LogP contribution in [-0.2, 0) is 32.5 Å². The lowest BCUT2D eigenvalue weighted by molar-refractivity contribution is -0.140. The Morgan fingerprint density at radius 2 is 2.00 bits per heavy atom. The molecule has 1 unspecified atom stereocenters. The van der Waals surface area contributed by atoms with Crippen LogP contribution in [-0.4, -0.2) is 37.8 Å². The van der Waals surface area contributed by atoms with Crippen molar-refractivity contribution in [2.24, 2.45) is 5.14 Å². The van der Waals surface area contributed by atoms with Crippen molar-refractivity contribution in [1.29, 1.82) is 0 Å². The van der Waals surface area contributed by atoms with E-state index in [4.69, 9.17) is 9.88 Å². The lowest BCUT2D eigenvalue weighted by Crippen LogP contribution is -2.42. The van der Waals surface area contributed by atoms with Gasteiger partial charge in [0.25, 0.3) is 5.91 Å². The zero-order chi connectivity index (χ0) is 20.6. The first-order chi connectivity index (χ1) is 13.1. The molecule has 9 heteroatoms. The number of carbonyl (C=O) groups is 2. The average Bonchev–Trinajstić information content (AvgIpc) is 3.09. The van der Waals surface area contributed by atoms with Crippen LogP contribution in [0.1, 0.15) is 38.8 Å². The number of hydrogen-bond acceptors (Lipinski definition) is 6. The second kappa shape index (κ2) is 7.65. The normalized spacial score (nSPS) is 15.1. The molecule has 7 nitrogen and oxygen atoms in total. The summed E-state index contributed by atoms with van der Waals surface area (Å²) >= 11 is 1.68. The van der Waals surface area contributed by atoms with Crippen molar-refractivity contribution in [3.8, 4) is 0 Å². The van der Waals surface area contributed by atoms with Gasteiger partial charge < -0.3 is 9.64 Å². The molecule has 0 saturated carbocycles. The standard InChI is InChI=1S/C19H22N2O5S2/c1-11-8-15(9-17(12(11)2)28(20,24)25)19(23)26-13(3)18(22)21-6-4-16-14(10-21)5-7-27-16/h5,7-9,13H,4,6,10H2,1-3H3,(H2,20,24,25). The van der Waals surface area contributed by atoms with E-state index in [9.17, 15) is 18.0 Å².